The number of carbonyl (C=O) groups is 3. The maximum atomic E-state index is 13.5. The lowest BCUT2D eigenvalue weighted by Crippen LogP contribution is -2.51. The van der Waals surface area contributed by atoms with Crippen molar-refractivity contribution in [2.45, 2.75) is 37.1 Å². The zero-order valence-corrected chi connectivity index (χ0v) is 16.1. The van der Waals surface area contributed by atoms with E-state index >= 15 is 0 Å². The molecular formula is C20H19F3N4O3. The topological polar surface area (TPSA) is 84.3 Å². The van der Waals surface area contributed by atoms with Gasteiger partial charge in [-0.05, 0) is 31.0 Å². The van der Waals surface area contributed by atoms with Crippen LogP contribution < -0.4 is 5.32 Å². The molecule has 1 aliphatic heterocycles. The number of alkyl halides is 2. The van der Waals surface area contributed by atoms with Crippen LogP contribution in [0.4, 0.5) is 18.0 Å². The van der Waals surface area contributed by atoms with E-state index in [4.69, 9.17) is 0 Å². The fourth-order valence-corrected chi connectivity index (χ4v) is 4.06. The maximum Gasteiger partial charge on any atom is 0.325 e. The van der Waals surface area contributed by atoms with E-state index in [0.717, 1.165) is 11.1 Å². The number of Topliss-reactive ketones (excluding diaryl/α,β-unsaturated/α-hetero) is 1. The smallest absolute Gasteiger partial charge is 0.325 e. The summed E-state index contributed by atoms with van der Waals surface area (Å²) in [6.45, 7) is -0.512. The van der Waals surface area contributed by atoms with Crippen LogP contribution in [0.5, 0.6) is 0 Å². The Morgan fingerprint density at radius 2 is 1.87 bits per heavy atom. The SMILES string of the molecule is Cn1c(C(=O)CN2C(=O)NC3(CCC(F)(F)CC3)C2=O)ccc1-c1cncc(F)c1. The number of nitrogens with one attached hydrogen (secondary N) is 1. The van der Waals surface area contributed by atoms with E-state index in [9.17, 15) is 27.6 Å². The van der Waals surface area contributed by atoms with Gasteiger partial charge in [0.15, 0.2) is 5.78 Å². The second kappa shape index (κ2) is 6.96. The molecule has 2 fully saturated rings. The minimum Gasteiger partial charge on any atom is -0.341 e. The van der Waals surface area contributed by atoms with Gasteiger partial charge >= 0.3 is 6.03 Å². The van der Waals surface area contributed by atoms with Crippen LogP contribution in [0.15, 0.2) is 30.6 Å². The molecule has 2 aromatic rings. The van der Waals surface area contributed by atoms with Crippen molar-refractivity contribution in [1.29, 1.82) is 0 Å². The molecule has 0 aromatic carbocycles. The Morgan fingerprint density at radius 1 is 1.17 bits per heavy atom. The van der Waals surface area contributed by atoms with Crippen LogP contribution in [0.2, 0.25) is 0 Å². The molecule has 4 rings (SSSR count). The van der Waals surface area contributed by atoms with E-state index < -0.39 is 54.4 Å². The van der Waals surface area contributed by atoms with Gasteiger partial charge < -0.3 is 9.88 Å². The van der Waals surface area contributed by atoms with Gasteiger partial charge in [0.1, 0.15) is 11.4 Å². The van der Waals surface area contributed by atoms with Crippen molar-refractivity contribution in [3.8, 4) is 11.3 Å². The van der Waals surface area contributed by atoms with Gasteiger partial charge in [0.25, 0.3) is 5.91 Å². The van der Waals surface area contributed by atoms with Crippen molar-refractivity contribution in [3.63, 3.8) is 0 Å². The molecule has 30 heavy (non-hydrogen) atoms. The second-order valence-corrected chi connectivity index (χ2v) is 7.74. The molecule has 10 heteroatoms. The van der Waals surface area contributed by atoms with Gasteiger partial charge in [-0.2, -0.15) is 0 Å². The molecule has 0 unspecified atom stereocenters. The number of amides is 3. The summed E-state index contributed by atoms with van der Waals surface area (Å²) in [6.07, 6.45) is 1.18. The molecule has 3 amide bonds. The summed E-state index contributed by atoms with van der Waals surface area (Å²) < 4.78 is 41.9. The van der Waals surface area contributed by atoms with E-state index in [1.165, 1.54) is 22.9 Å². The quantitative estimate of drug-likeness (QED) is 0.609. The van der Waals surface area contributed by atoms with Crippen molar-refractivity contribution in [2.75, 3.05) is 6.54 Å². The largest absolute Gasteiger partial charge is 0.341 e. The lowest BCUT2D eigenvalue weighted by Gasteiger charge is -2.34. The predicted molar refractivity (Wildman–Crippen MR) is 99.3 cm³/mol. The van der Waals surface area contributed by atoms with Crippen molar-refractivity contribution >= 4 is 17.7 Å². The average molecular weight is 420 g/mol. The molecule has 3 heterocycles. The van der Waals surface area contributed by atoms with Gasteiger partial charge in [-0.25, -0.2) is 18.0 Å². The number of halogens is 3. The van der Waals surface area contributed by atoms with E-state index in [1.807, 2.05) is 0 Å². The number of nitrogens with zero attached hydrogens (tertiary/aromatic N) is 3. The first-order chi connectivity index (χ1) is 14.1. The molecule has 0 bridgehead atoms. The van der Waals surface area contributed by atoms with Crippen LogP contribution in [0.25, 0.3) is 11.3 Å². The summed E-state index contributed by atoms with van der Waals surface area (Å²) in [7, 11) is 1.60. The Morgan fingerprint density at radius 3 is 2.53 bits per heavy atom. The summed E-state index contributed by atoms with van der Waals surface area (Å²) in [4.78, 5) is 42.5. The average Bonchev–Trinajstić information content (AvgIpc) is 3.18. The zero-order valence-electron chi connectivity index (χ0n) is 16.1. The highest BCUT2D eigenvalue weighted by Crippen LogP contribution is 2.41. The van der Waals surface area contributed by atoms with E-state index in [0.29, 0.717) is 11.3 Å². The molecule has 158 valence electrons. The number of urea groups is 1. The van der Waals surface area contributed by atoms with E-state index in [-0.39, 0.29) is 18.5 Å². The summed E-state index contributed by atoms with van der Waals surface area (Å²) in [6, 6.07) is 3.64. The number of ketones is 1. The van der Waals surface area contributed by atoms with Crippen molar-refractivity contribution in [1.82, 2.24) is 19.8 Å². The number of imide groups is 1. The predicted octanol–water partition coefficient (Wildman–Crippen LogP) is 2.91. The van der Waals surface area contributed by atoms with E-state index in [1.54, 1.807) is 13.1 Å². The van der Waals surface area contributed by atoms with Crippen LogP contribution >= 0.6 is 0 Å². The third kappa shape index (κ3) is 3.35. The normalized spacial score (nSPS) is 19.9. The Bertz CT molecular complexity index is 1040. The Labute approximate surface area is 169 Å². The number of pyridine rings is 1. The van der Waals surface area contributed by atoms with Gasteiger partial charge in [0.05, 0.1) is 18.4 Å². The molecule has 0 atom stereocenters. The molecule has 1 aliphatic carbocycles. The van der Waals surface area contributed by atoms with Crippen LogP contribution in [0, 0.1) is 5.82 Å². The molecule has 1 saturated carbocycles. The number of carbonyl (C=O) groups excluding carboxylic acids is 3. The van der Waals surface area contributed by atoms with Crippen LogP contribution in [-0.2, 0) is 11.8 Å². The minimum absolute atomic E-state index is 0.170. The molecule has 0 radical (unpaired) electrons. The van der Waals surface area contributed by atoms with Crippen molar-refractivity contribution < 1.29 is 27.6 Å². The van der Waals surface area contributed by atoms with Gasteiger partial charge in [-0.15, -0.1) is 0 Å². The Kier molecular flexibility index (Phi) is 4.67. The van der Waals surface area contributed by atoms with Gasteiger partial charge in [0, 0.05) is 37.3 Å². The molecular weight excluding hydrogens is 401 g/mol. The summed E-state index contributed by atoms with van der Waals surface area (Å²) in [5.41, 5.74) is -0.154. The first kappa shape index (κ1) is 20.1. The molecule has 7 nitrogen and oxygen atoms in total. The zero-order chi connectivity index (χ0) is 21.7. The fraction of sp³-hybridized carbons (Fsp3) is 0.400. The standard InChI is InChI=1S/C20H19F3N4O3/c1-26-14(12-8-13(21)10-24-9-12)2-3-15(26)16(28)11-27-17(29)19(25-18(27)30)4-6-20(22,23)7-5-19/h2-3,8-10H,4-7,11H2,1H3,(H,25,30). The highest BCUT2D eigenvalue weighted by Gasteiger charge is 2.55. The third-order valence-corrected chi connectivity index (χ3v) is 5.79. The first-order valence-corrected chi connectivity index (χ1v) is 9.44. The number of hydrogen-bond donors (Lipinski definition) is 1. The number of aromatic nitrogens is 2. The van der Waals surface area contributed by atoms with Gasteiger partial charge in [0.2, 0.25) is 5.92 Å². The number of rotatable bonds is 4. The van der Waals surface area contributed by atoms with Gasteiger partial charge in [-0.3, -0.25) is 19.5 Å². The summed E-state index contributed by atoms with van der Waals surface area (Å²) in [5, 5.41) is 2.51. The minimum atomic E-state index is -2.86. The first-order valence-electron chi connectivity index (χ1n) is 9.44. The lowest BCUT2D eigenvalue weighted by molar-refractivity contribution is -0.135. The molecule has 2 aliphatic rings. The maximum absolute atomic E-state index is 13.5. The Hall–Kier alpha value is -3.17. The highest BCUT2D eigenvalue weighted by atomic mass is 19.3. The molecule has 2 aromatic heterocycles. The summed E-state index contributed by atoms with van der Waals surface area (Å²) in [5.74, 6) is -4.54. The van der Waals surface area contributed by atoms with Crippen LogP contribution in [-0.4, -0.2) is 50.2 Å². The number of hydrogen-bond acceptors (Lipinski definition) is 4. The third-order valence-electron chi connectivity index (χ3n) is 5.79. The Balaban J connectivity index is 1.52. The van der Waals surface area contributed by atoms with E-state index in [2.05, 4.69) is 10.3 Å². The molecule has 1 saturated heterocycles. The monoisotopic (exact) mass is 420 g/mol. The fourth-order valence-electron chi connectivity index (χ4n) is 4.06. The molecule has 1 spiro atoms. The van der Waals surface area contributed by atoms with Crippen molar-refractivity contribution in [3.05, 3.63) is 42.1 Å². The molecule has 1 N–H and O–H groups in total. The summed E-state index contributed by atoms with van der Waals surface area (Å²) >= 11 is 0. The van der Waals surface area contributed by atoms with Gasteiger partial charge in [-0.1, -0.05) is 0 Å². The van der Waals surface area contributed by atoms with Crippen LogP contribution in [0.1, 0.15) is 36.2 Å². The van der Waals surface area contributed by atoms with Crippen molar-refractivity contribution in [2.24, 2.45) is 7.05 Å². The second-order valence-electron chi connectivity index (χ2n) is 7.74. The lowest BCUT2D eigenvalue weighted by atomic mass is 9.80. The highest BCUT2D eigenvalue weighted by molar-refractivity contribution is 6.11. The van der Waals surface area contributed by atoms with Crippen LogP contribution in [0.3, 0.4) is 0 Å².